The van der Waals surface area contributed by atoms with Crippen molar-refractivity contribution in [2.24, 2.45) is 5.92 Å². The third kappa shape index (κ3) is 2.89. The van der Waals surface area contributed by atoms with E-state index in [0.29, 0.717) is 12.0 Å². The van der Waals surface area contributed by atoms with Crippen LogP contribution in [0.5, 0.6) is 0 Å². The second kappa shape index (κ2) is 5.99. The summed E-state index contributed by atoms with van der Waals surface area (Å²) in [5.74, 6) is 0.738. The van der Waals surface area contributed by atoms with E-state index in [-0.39, 0.29) is 5.91 Å². The average Bonchev–Trinajstić information content (AvgIpc) is 2.49. The Bertz CT molecular complexity index is 494. The maximum absolute atomic E-state index is 12.4. The first-order valence-electron chi connectivity index (χ1n) is 8.17. The second-order valence-corrected chi connectivity index (χ2v) is 6.53. The summed E-state index contributed by atoms with van der Waals surface area (Å²) in [6.07, 6.45) is 9.81. The highest BCUT2D eigenvalue weighted by molar-refractivity contribution is 5.94. The van der Waals surface area contributed by atoms with Crippen LogP contribution in [0, 0.1) is 5.92 Å². The number of carbonyl (C=O) groups is 1. The van der Waals surface area contributed by atoms with E-state index in [1.165, 1.54) is 49.7 Å². The molecule has 0 heterocycles. The summed E-state index contributed by atoms with van der Waals surface area (Å²) >= 11 is 0. The number of fused-ring (bicyclic) bond motifs is 1. The number of aryl methyl sites for hydroxylation is 2. The van der Waals surface area contributed by atoms with Crippen LogP contribution >= 0.6 is 0 Å². The van der Waals surface area contributed by atoms with Gasteiger partial charge >= 0.3 is 0 Å². The Hall–Kier alpha value is -1.31. The molecule has 2 nitrogen and oxygen atoms in total. The summed E-state index contributed by atoms with van der Waals surface area (Å²) < 4.78 is 0. The summed E-state index contributed by atoms with van der Waals surface area (Å²) in [7, 11) is 0. The van der Waals surface area contributed by atoms with Gasteiger partial charge in [0.15, 0.2) is 0 Å². The SMILES string of the molecule is C[C@@H]1CCCC[C@H]1NC(=O)c1ccc2c(c1)CCCC2. The lowest BCUT2D eigenvalue weighted by molar-refractivity contribution is 0.0910. The zero-order chi connectivity index (χ0) is 13.9. The lowest BCUT2D eigenvalue weighted by atomic mass is 9.85. The molecule has 2 aliphatic carbocycles. The summed E-state index contributed by atoms with van der Waals surface area (Å²) in [5, 5.41) is 3.25. The molecule has 0 saturated heterocycles. The molecule has 0 bridgehead atoms. The number of carbonyl (C=O) groups excluding carboxylic acids is 1. The largest absolute Gasteiger partial charge is 0.349 e. The summed E-state index contributed by atoms with van der Waals surface area (Å²) in [6, 6.07) is 6.66. The maximum atomic E-state index is 12.4. The Balaban J connectivity index is 1.70. The van der Waals surface area contributed by atoms with E-state index in [0.717, 1.165) is 18.4 Å². The molecule has 3 rings (SSSR count). The third-order valence-corrected chi connectivity index (χ3v) is 5.04. The number of amides is 1. The molecule has 0 aliphatic heterocycles. The number of hydrogen-bond acceptors (Lipinski definition) is 1. The molecule has 2 aliphatic rings. The van der Waals surface area contributed by atoms with Crippen LogP contribution < -0.4 is 5.32 Å². The van der Waals surface area contributed by atoms with Gasteiger partial charge in [0.2, 0.25) is 0 Å². The predicted octanol–water partition coefficient (Wildman–Crippen LogP) is 3.87. The molecule has 1 aromatic carbocycles. The molecular weight excluding hydrogens is 246 g/mol. The van der Waals surface area contributed by atoms with Gasteiger partial charge in [-0.2, -0.15) is 0 Å². The predicted molar refractivity (Wildman–Crippen MR) is 82.0 cm³/mol. The number of nitrogens with one attached hydrogen (secondary N) is 1. The van der Waals surface area contributed by atoms with Gasteiger partial charge in [0.1, 0.15) is 0 Å². The fraction of sp³-hybridized carbons (Fsp3) is 0.611. The van der Waals surface area contributed by atoms with Crippen molar-refractivity contribution in [3.8, 4) is 0 Å². The Morgan fingerprint density at radius 1 is 1.05 bits per heavy atom. The molecule has 108 valence electrons. The van der Waals surface area contributed by atoms with Crippen LogP contribution in [0.4, 0.5) is 0 Å². The molecule has 0 radical (unpaired) electrons. The minimum Gasteiger partial charge on any atom is -0.349 e. The van der Waals surface area contributed by atoms with Crippen molar-refractivity contribution >= 4 is 5.91 Å². The van der Waals surface area contributed by atoms with Crippen molar-refractivity contribution in [1.82, 2.24) is 5.32 Å². The molecular formula is C18H25NO. The highest BCUT2D eigenvalue weighted by atomic mass is 16.1. The molecule has 0 aromatic heterocycles. The van der Waals surface area contributed by atoms with E-state index in [2.05, 4.69) is 24.4 Å². The Morgan fingerprint density at radius 3 is 2.60 bits per heavy atom. The minimum atomic E-state index is 0.122. The van der Waals surface area contributed by atoms with Gasteiger partial charge in [-0.25, -0.2) is 0 Å². The minimum absolute atomic E-state index is 0.122. The molecule has 0 unspecified atom stereocenters. The average molecular weight is 271 g/mol. The van der Waals surface area contributed by atoms with E-state index in [9.17, 15) is 4.79 Å². The van der Waals surface area contributed by atoms with Crippen LogP contribution in [0.25, 0.3) is 0 Å². The molecule has 0 spiro atoms. The summed E-state index contributed by atoms with van der Waals surface area (Å²) in [5.41, 5.74) is 3.68. The topological polar surface area (TPSA) is 29.1 Å². The normalized spacial score (nSPS) is 25.9. The fourth-order valence-electron chi connectivity index (χ4n) is 3.66. The van der Waals surface area contributed by atoms with E-state index in [1.807, 2.05) is 6.07 Å². The Morgan fingerprint density at radius 2 is 1.80 bits per heavy atom. The first kappa shape index (κ1) is 13.7. The summed E-state index contributed by atoms with van der Waals surface area (Å²) in [6.45, 7) is 2.26. The van der Waals surface area contributed by atoms with Gasteiger partial charge in [0.05, 0.1) is 0 Å². The summed E-state index contributed by atoms with van der Waals surface area (Å²) in [4.78, 5) is 12.4. The lowest BCUT2D eigenvalue weighted by Crippen LogP contribution is -2.41. The Labute approximate surface area is 122 Å². The Kier molecular flexibility index (Phi) is 4.09. The highest BCUT2D eigenvalue weighted by Gasteiger charge is 2.23. The maximum Gasteiger partial charge on any atom is 0.251 e. The van der Waals surface area contributed by atoms with Gasteiger partial charge in [-0.3, -0.25) is 4.79 Å². The standard InChI is InChI=1S/C18H25NO/c1-13-6-2-5-9-17(13)19-18(20)16-11-10-14-7-3-4-8-15(14)12-16/h10-13,17H,2-9H2,1H3,(H,19,20)/t13-,17-/m1/s1. The fourth-order valence-corrected chi connectivity index (χ4v) is 3.66. The molecule has 1 amide bonds. The molecule has 20 heavy (non-hydrogen) atoms. The van der Waals surface area contributed by atoms with Crippen LogP contribution in [-0.2, 0) is 12.8 Å². The van der Waals surface area contributed by atoms with Gasteiger partial charge < -0.3 is 5.32 Å². The zero-order valence-electron chi connectivity index (χ0n) is 12.5. The van der Waals surface area contributed by atoms with Crippen molar-refractivity contribution in [2.45, 2.75) is 64.3 Å². The van der Waals surface area contributed by atoms with E-state index in [1.54, 1.807) is 0 Å². The van der Waals surface area contributed by atoms with Crippen molar-refractivity contribution in [3.05, 3.63) is 34.9 Å². The second-order valence-electron chi connectivity index (χ2n) is 6.53. The smallest absolute Gasteiger partial charge is 0.251 e. The number of hydrogen-bond donors (Lipinski definition) is 1. The molecule has 2 heteroatoms. The first-order valence-corrected chi connectivity index (χ1v) is 8.17. The molecule has 1 N–H and O–H groups in total. The van der Waals surface area contributed by atoms with Crippen LogP contribution in [0.1, 0.15) is 66.9 Å². The van der Waals surface area contributed by atoms with Gasteiger partial charge in [0.25, 0.3) is 5.91 Å². The monoisotopic (exact) mass is 271 g/mol. The van der Waals surface area contributed by atoms with Crippen molar-refractivity contribution in [2.75, 3.05) is 0 Å². The highest BCUT2D eigenvalue weighted by Crippen LogP contribution is 2.25. The van der Waals surface area contributed by atoms with Crippen molar-refractivity contribution < 1.29 is 4.79 Å². The number of rotatable bonds is 2. The van der Waals surface area contributed by atoms with Gasteiger partial charge in [-0.05, 0) is 67.7 Å². The quantitative estimate of drug-likeness (QED) is 0.869. The molecule has 1 fully saturated rings. The van der Waals surface area contributed by atoms with Gasteiger partial charge in [-0.15, -0.1) is 0 Å². The first-order chi connectivity index (χ1) is 9.74. The molecule has 1 aromatic rings. The lowest BCUT2D eigenvalue weighted by Gasteiger charge is -2.29. The van der Waals surface area contributed by atoms with Crippen LogP contribution in [-0.4, -0.2) is 11.9 Å². The molecule has 1 saturated carbocycles. The van der Waals surface area contributed by atoms with Gasteiger partial charge in [0, 0.05) is 11.6 Å². The van der Waals surface area contributed by atoms with E-state index >= 15 is 0 Å². The van der Waals surface area contributed by atoms with E-state index in [4.69, 9.17) is 0 Å². The van der Waals surface area contributed by atoms with Gasteiger partial charge in [-0.1, -0.05) is 25.8 Å². The van der Waals surface area contributed by atoms with Crippen molar-refractivity contribution in [3.63, 3.8) is 0 Å². The van der Waals surface area contributed by atoms with Crippen molar-refractivity contribution in [1.29, 1.82) is 0 Å². The van der Waals surface area contributed by atoms with Crippen LogP contribution in [0.2, 0.25) is 0 Å². The third-order valence-electron chi connectivity index (χ3n) is 5.04. The zero-order valence-corrected chi connectivity index (χ0v) is 12.5. The van der Waals surface area contributed by atoms with Crippen LogP contribution in [0.3, 0.4) is 0 Å². The molecule has 2 atom stereocenters. The van der Waals surface area contributed by atoms with E-state index < -0.39 is 0 Å². The number of benzene rings is 1. The van der Waals surface area contributed by atoms with Crippen LogP contribution in [0.15, 0.2) is 18.2 Å².